The molecule has 0 fully saturated rings. The molecule has 3 heteroatoms. The molecule has 1 aliphatic heterocycles. The molecule has 0 radical (unpaired) electrons. The van der Waals surface area contributed by atoms with Crippen LogP contribution < -0.4 is 5.32 Å². The summed E-state index contributed by atoms with van der Waals surface area (Å²) in [5, 5.41) is 4.91. The minimum absolute atomic E-state index is 0.178. The number of hydrogen-bond acceptors (Lipinski definition) is 2. The Morgan fingerprint density at radius 2 is 1.95 bits per heavy atom. The van der Waals surface area contributed by atoms with Crippen molar-refractivity contribution in [2.75, 3.05) is 6.54 Å². The molecule has 3 aromatic rings. The van der Waals surface area contributed by atoms with E-state index in [1.807, 2.05) is 18.3 Å². The molecule has 1 aliphatic rings. The number of H-pyrrole nitrogens is 1. The fourth-order valence-corrected chi connectivity index (χ4v) is 2.98. The average molecular weight is 249 g/mol. The minimum atomic E-state index is 0.178. The predicted molar refractivity (Wildman–Crippen MR) is 76.1 cm³/mol. The van der Waals surface area contributed by atoms with Gasteiger partial charge in [-0.15, -0.1) is 0 Å². The monoisotopic (exact) mass is 249 g/mol. The maximum absolute atomic E-state index is 4.49. The molecule has 2 aromatic heterocycles. The van der Waals surface area contributed by atoms with Crippen LogP contribution in [0.1, 0.15) is 23.0 Å². The molecule has 0 saturated carbocycles. The molecule has 0 aliphatic carbocycles. The van der Waals surface area contributed by atoms with E-state index in [1.165, 1.54) is 22.2 Å². The van der Waals surface area contributed by atoms with E-state index < -0.39 is 0 Å². The summed E-state index contributed by atoms with van der Waals surface area (Å²) >= 11 is 0. The van der Waals surface area contributed by atoms with Crippen molar-refractivity contribution < 1.29 is 0 Å². The third-order valence-electron chi connectivity index (χ3n) is 3.84. The molecule has 94 valence electrons. The highest BCUT2D eigenvalue weighted by molar-refractivity contribution is 5.85. The smallest absolute Gasteiger partial charge is 0.0906 e. The Labute approximate surface area is 111 Å². The quantitative estimate of drug-likeness (QED) is 0.696. The van der Waals surface area contributed by atoms with Crippen molar-refractivity contribution in [2.24, 2.45) is 0 Å². The summed E-state index contributed by atoms with van der Waals surface area (Å²) in [6, 6.07) is 14.8. The number of hydrogen-bond donors (Lipinski definition) is 2. The Kier molecular flexibility index (Phi) is 2.38. The van der Waals surface area contributed by atoms with Gasteiger partial charge in [0, 0.05) is 29.3 Å². The molecule has 1 unspecified atom stereocenters. The molecule has 3 nitrogen and oxygen atoms in total. The normalized spacial score (nSPS) is 18.4. The molecular formula is C16H15N3. The van der Waals surface area contributed by atoms with E-state index in [9.17, 15) is 0 Å². The van der Waals surface area contributed by atoms with Crippen LogP contribution in [0.4, 0.5) is 0 Å². The highest BCUT2D eigenvalue weighted by Gasteiger charge is 2.25. The summed E-state index contributed by atoms with van der Waals surface area (Å²) in [5.74, 6) is 0. The third-order valence-corrected chi connectivity index (χ3v) is 3.84. The minimum Gasteiger partial charge on any atom is -0.357 e. The zero-order valence-electron chi connectivity index (χ0n) is 10.6. The van der Waals surface area contributed by atoms with Crippen molar-refractivity contribution in [3.63, 3.8) is 0 Å². The lowest BCUT2D eigenvalue weighted by molar-refractivity contribution is 0.549. The van der Waals surface area contributed by atoms with E-state index in [0.717, 1.165) is 18.7 Å². The first kappa shape index (κ1) is 10.8. The fourth-order valence-electron chi connectivity index (χ4n) is 2.98. The number of nitrogens with one attached hydrogen (secondary N) is 2. The van der Waals surface area contributed by atoms with Crippen molar-refractivity contribution in [1.82, 2.24) is 15.3 Å². The van der Waals surface area contributed by atoms with E-state index >= 15 is 0 Å². The van der Waals surface area contributed by atoms with Gasteiger partial charge in [-0.2, -0.15) is 0 Å². The Morgan fingerprint density at radius 3 is 2.84 bits per heavy atom. The summed E-state index contributed by atoms with van der Waals surface area (Å²) in [7, 11) is 0. The van der Waals surface area contributed by atoms with E-state index in [4.69, 9.17) is 0 Å². The number of nitrogens with zero attached hydrogens (tertiary/aromatic N) is 1. The molecule has 1 atom stereocenters. The topological polar surface area (TPSA) is 40.7 Å². The second-order valence-electron chi connectivity index (χ2n) is 4.95. The van der Waals surface area contributed by atoms with Gasteiger partial charge in [0.1, 0.15) is 0 Å². The Balaban J connectivity index is 1.91. The van der Waals surface area contributed by atoms with Crippen LogP contribution in [-0.2, 0) is 6.42 Å². The van der Waals surface area contributed by atoms with Crippen LogP contribution in [0, 0.1) is 0 Å². The first-order valence-corrected chi connectivity index (χ1v) is 6.67. The van der Waals surface area contributed by atoms with Gasteiger partial charge >= 0.3 is 0 Å². The number of pyridine rings is 1. The first-order chi connectivity index (χ1) is 9.43. The van der Waals surface area contributed by atoms with Gasteiger partial charge in [-0.25, -0.2) is 0 Å². The van der Waals surface area contributed by atoms with Crippen molar-refractivity contribution in [2.45, 2.75) is 12.5 Å². The van der Waals surface area contributed by atoms with Crippen LogP contribution in [0.15, 0.2) is 48.7 Å². The van der Waals surface area contributed by atoms with Gasteiger partial charge in [-0.3, -0.25) is 4.98 Å². The van der Waals surface area contributed by atoms with Crippen LogP contribution in [0.3, 0.4) is 0 Å². The predicted octanol–water partition coefficient (Wildman–Crippen LogP) is 2.80. The number of aromatic nitrogens is 2. The molecule has 0 amide bonds. The van der Waals surface area contributed by atoms with Crippen LogP contribution in [-0.4, -0.2) is 16.5 Å². The summed E-state index contributed by atoms with van der Waals surface area (Å²) in [6.45, 7) is 0.996. The molecule has 0 bridgehead atoms. The van der Waals surface area contributed by atoms with Crippen LogP contribution in [0.25, 0.3) is 10.9 Å². The number of para-hydroxylation sites is 1. The van der Waals surface area contributed by atoms with Gasteiger partial charge < -0.3 is 10.3 Å². The first-order valence-electron chi connectivity index (χ1n) is 6.67. The Bertz CT molecular complexity index is 715. The van der Waals surface area contributed by atoms with Gasteiger partial charge in [0.15, 0.2) is 0 Å². The molecule has 2 N–H and O–H groups in total. The van der Waals surface area contributed by atoms with Crippen LogP contribution in [0.2, 0.25) is 0 Å². The lowest BCUT2D eigenvalue weighted by Crippen LogP contribution is -2.30. The Hall–Kier alpha value is -2.13. The van der Waals surface area contributed by atoms with Crippen molar-refractivity contribution in [3.8, 4) is 0 Å². The van der Waals surface area contributed by atoms with Crippen LogP contribution >= 0.6 is 0 Å². The molecular weight excluding hydrogens is 234 g/mol. The van der Waals surface area contributed by atoms with E-state index in [2.05, 4.69) is 45.6 Å². The largest absolute Gasteiger partial charge is 0.357 e. The second-order valence-corrected chi connectivity index (χ2v) is 4.95. The maximum Gasteiger partial charge on any atom is 0.0906 e. The molecule has 0 spiro atoms. The summed E-state index contributed by atoms with van der Waals surface area (Å²) in [5.41, 5.74) is 5.00. The lowest BCUT2D eigenvalue weighted by atomic mass is 9.97. The SMILES string of the molecule is c1ccc(C2NCCc3c2[nH]c2ccccc32)nc1. The standard InChI is InChI=1S/C16H15N3/c1-2-6-13-11(5-1)12-8-10-18-16(15(12)19-13)14-7-3-4-9-17-14/h1-7,9,16,18-19H,8,10H2. The molecule has 1 aromatic carbocycles. The number of benzene rings is 1. The average Bonchev–Trinajstić information content (AvgIpc) is 2.87. The number of aromatic amines is 1. The van der Waals surface area contributed by atoms with E-state index in [1.54, 1.807) is 0 Å². The van der Waals surface area contributed by atoms with E-state index in [-0.39, 0.29) is 6.04 Å². The fraction of sp³-hybridized carbons (Fsp3) is 0.188. The highest BCUT2D eigenvalue weighted by Crippen LogP contribution is 2.32. The van der Waals surface area contributed by atoms with Crippen molar-refractivity contribution in [1.29, 1.82) is 0 Å². The van der Waals surface area contributed by atoms with Gasteiger partial charge in [0.05, 0.1) is 11.7 Å². The second kappa shape index (κ2) is 4.21. The number of fused-ring (bicyclic) bond motifs is 3. The molecule has 19 heavy (non-hydrogen) atoms. The summed E-state index contributed by atoms with van der Waals surface area (Å²) in [6.07, 6.45) is 2.93. The lowest BCUT2D eigenvalue weighted by Gasteiger charge is -2.23. The zero-order chi connectivity index (χ0) is 12.7. The zero-order valence-corrected chi connectivity index (χ0v) is 10.6. The third kappa shape index (κ3) is 1.66. The van der Waals surface area contributed by atoms with Crippen LogP contribution in [0.5, 0.6) is 0 Å². The molecule has 4 rings (SSSR count). The summed E-state index contributed by atoms with van der Waals surface area (Å²) < 4.78 is 0. The van der Waals surface area contributed by atoms with Gasteiger partial charge in [0.2, 0.25) is 0 Å². The highest BCUT2D eigenvalue weighted by atomic mass is 15.0. The van der Waals surface area contributed by atoms with Crippen molar-refractivity contribution in [3.05, 3.63) is 65.6 Å². The van der Waals surface area contributed by atoms with Gasteiger partial charge in [-0.05, 0) is 30.2 Å². The van der Waals surface area contributed by atoms with Crippen molar-refractivity contribution >= 4 is 10.9 Å². The summed E-state index contributed by atoms with van der Waals surface area (Å²) in [4.78, 5) is 8.05. The Morgan fingerprint density at radius 1 is 1.05 bits per heavy atom. The molecule has 0 saturated heterocycles. The maximum atomic E-state index is 4.49. The molecule has 3 heterocycles. The van der Waals surface area contributed by atoms with Gasteiger partial charge in [-0.1, -0.05) is 24.3 Å². The number of rotatable bonds is 1. The van der Waals surface area contributed by atoms with Gasteiger partial charge in [0.25, 0.3) is 0 Å². The van der Waals surface area contributed by atoms with E-state index in [0.29, 0.717) is 0 Å².